The molecule has 0 aliphatic heterocycles. The van der Waals surface area contributed by atoms with Crippen LogP contribution < -0.4 is 0 Å². The SMILES string of the molecule is CC(C)[C@H](CC(C)(C)C)C(=O)O[C@@H]1C[C@H](C)CC[C@H]1C(C)C. The molecule has 2 nitrogen and oxygen atoms in total. The van der Waals surface area contributed by atoms with E-state index >= 15 is 0 Å². The average molecular weight is 311 g/mol. The maximum Gasteiger partial charge on any atom is 0.309 e. The molecule has 0 saturated heterocycles. The lowest BCUT2D eigenvalue weighted by molar-refractivity contribution is -0.163. The van der Waals surface area contributed by atoms with Gasteiger partial charge in [-0.05, 0) is 48.3 Å². The van der Waals surface area contributed by atoms with Crippen LogP contribution in [0.3, 0.4) is 0 Å². The van der Waals surface area contributed by atoms with Crippen molar-refractivity contribution in [2.24, 2.45) is 35.0 Å². The highest BCUT2D eigenvalue weighted by Crippen LogP contribution is 2.37. The molecule has 0 aromatic heterocycles. The van der Waals surface area contributed by atoms with E-state index in [4.69, 9.17) is 4.74 Å². The van der Waals surface area contributed by atoms with E-state index in [1.807, 2.05) is 0 Å². The summed E-state index contributed by atoms with van der Waals surface area (Å²) in [4.78, 5) is 12.8. The molecule has 0 bridgehead atoms. The first-order valence-corrected chi connectivity index (χ1v) is 9.21. The van der Waals surface area contributed by atoms with Crippen LogP contribution in [0.1, 0.15) is 81.1 Å². The number of hydrogen-bond acceptors (Lipinski definition) is 2. The first-order valence-electron chi connectivity index (χ1n) is 9.21. The fourth-order valence-corrected chi connectivity index (χ4v) is 3.74. The van der Waals surface area contributed by atoms with Crippen molar-refractivity contribution in [2.45, 2.75) is 87.2 Å². The summed E-state index contributed by atoms with van der Waals surface area (Å²) in [5, 5.41) is 0. The van der Waals surface area contributed by atoms with E-state index in [2.05, 4.69) is 55.4 Å². The minimum atomic E-state index is 0.0186. The Hall–Kier alpha value is -0.530. The van der Waals surface area contributed by atoms with Crippen molar-refractivity contribution in [2.75, 3.05) is 0 Å². The number of ether oxygens (including phenoxy) is 1. The van der Waals surface area contributed by atoms with Gasteiger partial charge in [0.1, 0.15) is 6.10 Å². The van der Waals surface area contributed by atoms with Gasteiger partial charge in [0.05, 0.1) is 5.92 Å². The largest absolute Gasteiger partial charge is 0.462 e. The van der Waals surface area contributed by atoms with Crippen LogP contribution in [0.2, 0.25) is 0 Å². The van der Waals surface area contributed by atoms with Crippen LogP contribution in [0, 0.1) is 35.0 Å². The molecule has 0 radical (unpaired) electrons. The molecule has 2 heteroatoms. The zero-order valence-corrected chi connectivity index (χ0v) is 16.1. The Bertz CT molecular complexity index is 351. The van der Waals surface area contributed by atoms with Gasteiger partial charge in [0.15, 0.2) is 0 Å². The van der Waals surface area contributed by atoms with E-state index in [-0.39, 0.29) is 23.4 Å². The fraction of sp³-hybridized carbons (Fsp3) is 0.950. The van der Waals surface area contributed by atoms with Crippen molar-refractivity contribution in [3.8, 4) is 0 Å². The van der Waals surface area contributed by atoms with Crippen LogP contribution in [0.25, 0.3) is 0 Å². The zero-order chi connectivity index (χ0) is 17.1. The second-order valence-corrected chi connectivity index (χ2v) is 9.42. The molecule has 1 fully saturated rings. The highest BCUT2D eigenvalue weighted by Gasteiger charge is 2.36. The molecule has 1 saturated carbocycles. The minimum absolute atomic E-state index is 0.0186. The fourth-order valence-electron chi connectivity index (χ4n) is 3.74. The Balaban J connectivity index is 2.77. The smallest absolute Gasteiger partial charge is 0.309 e. The zero-order valence-electron chi connectivity index (χ0n) is 16.1. The van der Waals surface area contributed by atoms with E-state index in [1.54, 1.807) is 0 Å². The maximum absolute atomic E-state index is 12.8. The lowest BCUT2D eigenvalue weighted by Crippen LogP contribution is -2.38. The van der Waals surface area contributed by atoms with E-state index in [9.17, 15) is 4.79 Å². The van der Waals surface area contributed by atoms with Crippen molar-refractivity contribution < 1.29 is 9.53 Å². The standard InChI is InChI=1S/C20H38O2/c1-13(2)16-10-9-15(5)11-18(16)22-19(21)17(14(3)4)12-20(6,7)8/h13-18H,9-12H2,1-8H3/t15-,16+,17+,18-/m1/s1. The Morgan fingerprint density at radius 1 is 1.14 bits per heavy atom. The Morgan fingerprint density at radius 2 is 1.73 bits per heavy atom. The summed E-state index contributed by atoms with van der Waals surface area (Å²) in [7, 11) is 0. The third kappa shape index (κ3) is 5.93. The molecule has 0 amide bonds. The van der Waals surface area contributed by atoms with Crippen LogP contribution in [-0.2, 0) is 9.53 Å². The van der Waals surface area contributed by atoms with Gasteiger partial charge in [-0.2, -0.15) is 0 Å². The van der Waals surface area contributed by atoms with Gasteiger partial charge in [-0.15, -0.1) is 0 Å². The second kappa shape index (κ2) is 7.84. The molecular formula is C20H38O2. The van der Waals surface area contributed by atoms with Gasteiger partial charge in [0.2, 0.25) is 0 Å². The van der Waals surface area contributed by atoms with Gasteiger partial charge in [-0.3, -0.25) is 4.79 Å². The van der Waals surface area contributed by atoms with Crippen molar-refractivity contribution >= 4 is 5.97 Å². The maximum atomic E-state index is 12.8. The Labute approximate surface area is 138 Å². The molecule has 1 rings (SSSR count). The van der Waals surface area contributed by atoms with Crippen molar-refractivity contribution in [3.05, 3.63) is 0 Å². The van der Waals surface area contributed by atoms with E-state index in [1.165, 1.54) is 12.8 Å². The molecule has 22 heavy (non-hydrogen) atoms. The van der Waals surface area contributed by atoms with Crippen LogP contribution in [0.15, 0.2) is 0 Å². The third-order valence-electron chi connectivity index (χ3n) is 5.17. The summed E-state index contributed by atoms with van der Waals surface area (Å²) in [6.07, 6.45) is 4.53. The minimum Gasteiger partial charge on any atom is -0.462 e. The van der Waals surface area contributed by atoms with E-state index in [0.29, 0.717) is 23.7 Å². The highest BCUT2D eigenvalue weighted by molar-refractivity contribution is 5.73. The summed E-state index contributed by atoms with van der Waals surface area (Å²) in [5.74, 6) is 2.19. The Kier molecular flexibility index (Phi) is 6.95. The van der Waals surface area contributed by atoms with Gasteiger partial charge in [-0.25, -0.2) is 0 Å². The molecular weight excluding hydrogens is 272 g/mol. The highest BCUT2D eigenvalue weighted by atomic mass is 16.5. The van der Waals surface area contributed by atoms with E-state index in [0.717, 1.165) is 12.8 Å². The number of esters is 1. The van der Waals surface area contributed by atoms with Gasteiger partial charge in [-0.1, -0.05) is 61.8 Å². The van der Waals surface area contributed by atoms with Crippen LogP contribution in [0.5, 0.6) is 0 Å². The molecule has 0 aromatic carbocycles. The van der Waals surface area contributed by atoms with Crippen LogP contribution in [0.4, 0.5) is 0 Å². The predicted octanol–water partition coefficient (Wildman–Crippen LogP) is 5.70. The molecule has 0 spiro atoms. The number of rotatable bonds is 5. The second-order valence-electron chi connectivity index (χ2n) is 9.42. The van der Waals surface area contributed by atoms with Crippen molar-refractivity contribution in [3.63, 3.8) is 0 Å². The lowest BCUT2D eigenvalue weighted by Gasteiger charge is -2.38. The molecule has 0 heterocycles. The Morgan fingerprint density at radius 3 is 2.18 bits per heavy atom. The predicted molar refractivity (Wildman–Crippen MR) is 93.6 cm³/mol. The summed E-state index contributed by atoms with van der Waals surface area (Å²) >= 11 is 0. The van der Waals surface area contributed by atoms with Gasteiger partial charge in [0, 0.05) is 0 Å². The van der Waals surface area contributed by atoms with Crippen LogP contribution in [-0.4, -0.2) is 12.1 Å². The quantitative estimate of drug-likeness (QED) is 0.609. The summed E-state index contributed by atoms with van der Waals surface area (Å²) in [6, 6.07) is 0. The monoisotopic (exact) mass is 310 g/mol. The average Bonchev–Trinajstić information content (AvgIpc) is 2.34. The van der Waals surface area contributed by atoms with Gasteiger partial charge in [0.25, 0.3) is 0 Å². The summed E-state index contributed by atoms with van der Waals surface area (Å²) in [5.41, 5.74) is 0.158. The molecule has 1 aliphatic carbocycles. The molecule has 1 aliphatic rings. The number of carbonyl (C=O) groups is 1. The summed E-state index contributed by atoms with van der Waals surface area (Å²) < 4.78 is 6.07. The third-order valence-corrected chi connectivity index (χ3v) is 5.17. The van der Waals surface area contributed by atoms with Crippen molar-refractivity contribution in [1.82, 2.24) is 0 Å². The molecule has 0 N–H and O–H groups in total. The first-order chi connectivity index (χ1) is 10.0. The summed E-state index contributed by atoms with van der Waals surface area (Å²) in [6.45, 7) is 17.7. The first kappa shape index (κ1) is 19.5. The molecule has 130 valence electrons. The molecule has 0 aromatic rings. The van der Waals surface area contributed by atoms with Crippen LogP contribution >= 0.6 is 0 Å². The number of carbonyl (C=O) groups excluding carboxylic acids is 1. The van der Waals surface area contributed by atoms with E-state index < -0.39 is 0 Å². The normalized spacial score (nSPS) is 28.0. The van der Waals surface area contributed by atoms with Gasteiger partial charge < -0.3 is 4.74 Å². The topological polar surface area (TPSA) is 26.3 Å². The van der Waals surface area contributed by atoms with Gasteiger partial charge >= 0.3 is 5.97 Å². The lowest BCUT2D eigenvalue weighted by atomic mass is 9.75. The van der Waals surface area contributed by atoms with Crippen molar-refractivity contribution in [1.29, 1.82) is 0 Å². The molecule has 0 unspecified atom stereocenters. The molecule has 4 atom stereocenters. The number of hydrogen-bond donors (Lipinski definition) is 0.